The fourth-order valence-electron chi connectivity index (χ4n) is 2.47. The molecule has 0 aliphatic heterocycles. The summed E-state index contributed by atoms with van der Waals surface area (Å²) in [5.41, 5.74) is -0.192. The molecule has 0 saturated carbocycles. The summed E-state index contributed by atoms with van der Waals surface area (Å²) in [7, 11) is 0. The number of hydrogen-bond donors (Lipinski definition) is 3. The molecule has 0 fully saturated rings. The summed E-state index contributed by atoms with van der Waals surface area (Å²) in [5, 5.41) is 2.67. The Labute approximate surface area is 171 Å². The number of H-pyrrole nitrogens is 2. The molecule has 1 heterocycles. The van der Waals surface area contributed by atoms with E-state index in [1.807, 2.05) is 6.26 Å². The van der Waals surface area contributed by atoms with Crippen molar-refractivity contribution in [3.05, 3.63) is 57.8 Å². The van der Waals surface area contributed by atoms with Crippen molar-refractivity contribution in [2.45, 2.75) is 26.0 Å². The Morgan fingerprint density at radius 1 is 1.14 bits per heavy atom. The average molecular weight is 421 g/mol. The molecule has 0 spiro atoms. The number of carbonyl (C=O) groups is 3. The van der Waals surface area contributed by atoms with E-state index in [-0.39, 0.29) is 24.6 Å². The Balaban J connectivity index is 2.06. The molecule has 3 N–H and O–H groups in total. The van der Waals surface area contributed by atoms with Gasteiger partial charge in [-0.05, 0) is 37.5 Å². The number of nitrogens with one attached hydrogen (secondary N) is 3. The monoisotopic (exact) mass is 421 g/mol. The topological polar surface area (TPSA) is 130 Å². The highest BCUT2D eigenvalue weighted by Gasteiger charge is 2.24. The number of esters is 2. The Kier molecular flexibility index (Phi) is 8.53. The van der Waals surface area contributed by atoms with Gasteiger partial charge in [0.15, 0.2) is 5.69 Å². The first-order chi connectivity index (χ1) is 14.0. The van der Waals surface area contributed by atoms with Gasteiger partial charge in [0.25, 0.3) is 5.91 Å². The SMILES string of the molecule is CCOC(=O)c1[nH]c(=O)[nH]c1COC(=O)[C@@H](CCSC)NC(=O)c1ccccc1. The Morgan fingerprint density at radius 3 is 2.52 bits per heavy atom. The van der Waals surface area contributed by atoms with E-state index < -0.39 is 29.6 Å². The predicted octanol–water partition coefficient (Wildman–Crippen LogP) is 1.47. The first-order valence-electron chi connectivity index (χ1n) is 8.96. The van der Waals surface area contributed by atoms with Crippen LogP contribution in [0.1, 0.15) is 39.9 Å². The molecule has 10 heteroatoms. The van der Waals surface area contributed by atoms with Crippen LogP contribution in [0.3, 0.4) is 0 Å². The molecule has 1 atom stereocenters. The van der Waals surface area contributed by atoms with Crippen LogP contribution in [0.15, 0.2) is 35.1 Å². The minimum Gasteiger partial charge on any atom is -0.461 e. The second-order valence-corrected chi connectivity index (χ2v) is 6.92. The molecule has 2 rings (SSSR count). The van der Waals surface area contributed by atoms with E-state index in [1.165, 1.54) is 11.8 Å². The maximum atomic E-state index is 12.5. The zero-order chi connectivity index (χ0) is 21.2. The summed E-state index contributed by atoms with van der Waals surface area (Å²) in [4.78, 5) is 53.1. The van der Waals surface area contributed by atoms with Gasteiger partial charge in [0.2, 0.25) is 0 Å². The van der Waals surface area contributed by atoms with E-state index in [0.717, 1.165) is 0 Å². The number of imidazole rings is 1. The van der Waals surface area contributed by atoms with Gasteiger partial charge in [0.1, 0.15) is 12.6 Å². The third-order valence-corrected chi connectivity index (χ3v) is 4.52. The molecule has 2 aromatic rings. The molecule has 0 radical (unpaired) electrons. The molecule has 0 aliphatic carbocycles. The van der Waals surface area contributed by atoms with Crippen LogP contribution in [0.25, 0.3) is 0 Å². The molecule has 9 nitrogen and oxygen atoms in total. The van der Waals surface area contributed by atoms with Gasteiger partial charge in [-0.3, -0.25) is 9.78 Å². The minimum atomic E-state index is -0.869. The lowest BCUT2D eigenvalue weighted by atomic mass is 10.1. The molecule has 0 unspecified atom stereocenters. The standard InChI is InChI=1S/C19H23N3O6S/c1-3-27-18(25)15-14(21-19(26)22-15)11-28-17(24)13(9-10-29-2)20-16(23)12-7-5-4-6-8-12/h4-8,13H,3,9-11H2,1-2H3,(H,20,23)(H2,21,22,26)/t13-/m1/s1. The molecule has 1 aromatic carbocycles. The quantitative estimate of drug-likeness (QED) is 0.495. The van der Waals surface area contributed by atoms with Gasteiger partial charge in [0, 0.05) is 5.56 Å². The van der Waals surface area contributed by atoms with Gasteiger partial charge in [-0.15, -0.1) is 0 Å². The lowest BCUT2D eigenvalue weighted by molar-refractivity contribution is -0.147. The molecule has 156 valence electrons. The molecule has 0 aliphatic rings. The molecule has 1 amide bonds. The number of rotatable bonds is 10. The summed E-state index contributed by atoms with van der Waals surface area (Å²) in [6.07, 6.45) is 2.25. The Bertz CT molecular complexity index is 893. The van der Waals surface area contributed by atoms with Crippen LogP contribution in [-0.2, 0) is 20.9 Å². The fourth-order valence-corrected chi connectivity index (χ4v) is 2.94. The largest absolute Gasteiger partial charge is 0.461 e. The number of thioether (sulfide) groups is 1. The van der Waals surface area contributed by atoms with Crippen LogP contribution < -0.4 is 11.0 Å². The van der Waals surface area contributed by atoms with Gasteiger partial charge in [-0.2, -0.15) is 11.8 Å². The zero-order valence-electron chi connectivity index (χ0n) is 16.2. The summed E-state index contributed by atoms with van der Waals surface area (Å²) in [6.45, 7) is 1.42. The summed E-state index contributed by atoms with van der Waals surface area (Å²) >= 11 is 1.53. The van der Waals surface area contributed by atoms with E-state index >= 15 is 0 Å². The van der Waals surface area contributed by atoms with Gasteiger partial charge in [-0.1, -0.05) is 18.2 Å². The first kappa shape index (κ1) is 22.3. The van der Waals surface area contributed by atoms with Gasteiger partial charge < -0.3 is 19.8 Å². The normalized spacial score (nSPS) is 11.5. The van der Waals surface area contributed by atoms with E-state index in [4.69, 9.17) is 9.47 Å². The highest BCUT2D eigenvalue weighted by Crippen LogP contribution is 2.09. The molecule has 0 bridgehead atoms. The average Bonchev–Trinajstić information content (AvgIpc) is 3.10. The molecule has 0 saturated heterocycles. The number of hydrogen-bond acceptors (Lipinski definition) is 7. The summed E-state index contributed by atoms with van der Waals surface area (Å²) < 4.78 is 10.1. The highest BCUT2D eigenvalue weighted by molar-refractivity contribution is 7.98. The summed E-state index contributed by atoms with van der Waals surface area (Å²) in [6, 6.07) is 7.65. The van der Waals surface area contributed by atoms with E-state index in [9.17, 15) is 19.2 Å². The number of benzene rings is 1. The van der Waals surface area contributed by atoms with Crippen molar-refractivity contribution in [1.82, 2.24) is 15.3 Å². The zero-order valence-corrected chi connectivity index (χ0v) is 17.0. The van der Waals surface area contributed by atoms with Crippen molar-refractivity contribution in [1.29, 1.82) is 0 Å². The van der Waals surface area contributed by atoms with E-state index in [0.29, 0.717) is 17.7 Å². The van der Waals surface area contributed by atoms with Crippen molar-refractivity contribution in [3.63, 3.8) is 0 Å². The lowest BCUT2D eigenvalue weighted by Crippen LogP contribution is -2.42. The van der Waals surface area contributed by atoms with Gasteiger partial charge >= 0.3 is 17.6 Å². The van der Waals surface area contributed by atoms with Crippen LogP contribution in [0.2, 0.25) is 0 Å². The smallest absolute Gasteiger partial charge is 0.356 e. The number of carbonyl (C=O) groups excluding carboxylic acids is 3. The third kappa shape index (κ3) is 6.53. The summed E-state index contributed by atoms with van der Waals surface area (Å²) in [5.74, 6) is -1.16. The second-order valence-electron chi connectivity index (χ2n) is 5.93. The van der Waals surface area contributed by atoms with Crippen molar-refractivity contribution in [2.75, 3.05) is 18.6 Å². The van der Waals surface area contributed by atoms with Crippen molar-refractivity contribution < 1.29 is 23.9 Å². The van der Waals surface area contributed by atoms with Crippen LogP contribution in [-0.4, -0.2) is 52.5 Å². The number of ether oxygens (including phenoxy) is 2. The maximum Gasteiger partial charge on any atom is 0.356 e. The van der Waals surface area contributed by atoms with Crippen molar-refractivity contribution >= 4 is 29.6 Å². The van der Waals surface area contributed by atoms with Crippen molar-refractivity contribution in [3.8, 4) is 0 Å². The van der Waals surface area contributed by atoms with Crippen molar-refractivity contribution in [2.24, 2.45) is 0 Å². The maximum absolute atomic E-state index is 12.5. The molecule has 1 aromatic heterocycles. The molecular formula is C19H23N3O6S. The molecular weight excluding hydrogens is 398 g/mol. The number of amides is 1. The van der Waals surface area contributed by atoms with Crippen LogP contribution in [0, 0.1) is 0 Å². The second kappa shape index (κ2) is 11.1. The highest BCUT2D eigenvalue weighted by atomic mass is 32.2. The molecule has 29 heavy (non-hydrogen) atoms. The van der Waals surface area contributed by atoms with Crippen LogP contribution >= 0.6 is 11.8 Å². The van der Waals surface area contributed by atoms with Gasteiger partial charge in [-0.25, -0.2) is 14.4 Å². The third-order valence-electron chi connectivity index (χ3n) is 3.88. The lowest BCUT2D eigenvalue weighted by Gasteiger charge is -2.17. The number of aromatic amines is 2. The first-order valence-corrected chi connectivity index (χ1v) is 10.3. The van der Waals surface area contributed by atoms with E-state index in [2.05, 4.69) is 15.3 Å². The van der Waals surface area contributed by atoms with Crippen LogP contribution in [0.5, 0.6) is 0 Å². The Morgan fingerprint density at radius 2 is 1.86 bits per heavy atom. The van der Waals surface area contributed by atoms with E-state index in [1.54, 1.807) is 37.3 Å². The fraction of sp³-hybridized carbons (Fsp3) is 0.368. The van der Waals surface area contributed by atoms with Crippen LogP contribution in [0.4, 0.5) is 0 Å². The van der Waals surface area contributed by atoms with Gasteiger partial charge in [0.05, 0.1) is 12.3 Å². The minimum absolute atomic E-state index is 0.0970. The predicted molar refractivity (Wildman–Crippen MR) is 108 cm³/mol. The Hall–Kier alpha value is -3.01. The number of aromatic nitrogens is 2.